The lowest BCUT2D eigenvalue weighted by Crippen LogP contribution is -2.13. The summed E-state index contributed by atoms with van der Waals surface area (Å²) >= 11 is 0. The molecule has 0 aliphatic carbocycles. The molecule has 3 aromatic carbocycles. The summed E-state index contributed by atoms with van der Waals surface area (Å²) in [5, 5.41) is 12.5. The predicted octanol–water partition coefficient (Wildman–Crippen LogP) is 9.68. The van der Waals surface area contributed by atoms with Gasteiger partial charge in [0.05, 0.1) is 16.7 Å². The van der Waals surface area contributed by atoms with Crippen molar-refractivity contribution >= 4 is 34.5 Å². The molecule has 1 aliphatic heterocycles. The maximum absolute atomic E-state index is 13.1. The summed E-state index contributed by atoms with van der Waals surface area (Å²) in [5.74, 6) is 0.0235. The largest absolute Gasteiger partial charge is 0.435 e. The Balaban J connectivity index is 1.51. The number of allylic oxidation sites excluding steroid dienone is 3. The van der Waals surface area contributed by atoms with Crippen molar-refractivity contribution in [3.63, 3.8) is 0 Å². The van der Waals surface area contributed by atoms with E-state index in [0.717, 1.165) is 53.4 Å². The van der Waals surface area contributed by atoms with Gasteiger partial charge in [-0.15, -0.1) is 0 Å². The topological polar surface area (TPSA) is 74.5 Å². The van der Waals surface area contributed by atoms with Gasteiger partial charge in [0.2, 0.25) is 0 Å². The van der Waals surface area contributed by atoms with Crippen molar-refractivity contribution in [1.82, 2.24) is 0 Å². The number of carbonyl (C=O) groups excluding carboxylic acids is 1. The van der Waals surface area contributed by atoms with Crippen molar-refractivity contribution in [2.75, 3.05) is 5.32 Å². The van der Waals surface area contributed by atoms with Crippen LogP contribution >= 0.6 is 0 Å². The standard InChI is InChI=1S/C37H39F2N3O2/c1-4-7-10-25(5-2)13-16-30(40)23-35(43)33-20-17-31(22-26(33)6-3)42-34-12-9-8-11-28-21-29(24-41-36(28)34)27-14-18-32(19-15-27)44-37(38)39/h6,8-12,14-15,17-20,22,24,37,40-41H,3-5,7,13,16,21,23H2,1-2H3/b25-10+,40-30?,42-34?. The van der Waals surface area contributed by atoms with Gasteiger partial charge in [0.25, 0.3) is 0 Å². The summed E-state index contributed by atoms with van der Waals surface area (Å²) in [6.07, 6.45) is 11.1. The first-order valence-electron chi connectivity index (χ1n) is 15.0. The van der Waals surface area contributed by atoms with E-state index < -0.39 is 6.61 Å². The molecule has 0 bridgehead atoms. The van der Waals surface area contributed by atoms with Crippen LogP contribution in [-0.2, 0) is 6.42 Å². The second-order valence-corrected chi connectivity index (χ2v) is 10.7. The van der Waals surface area contributed by atoms with Gasteiger partial charge >= 0.3 is 6.61 Å². The Morgan fingerprint density at radius 1 is 1.09 bits per heavy atom. The zero-order valence-corrected chi connectivity index (χ0v) is 25.3. The second kappa shape index (κ2) is 15.7. The third kappa shape index (κ3) is 8.69. The lowest BCUT2D eigenvalue weighted by Gasteiger charge is -2.18. The van der Waals surface area contributed by atoms with Crippen molar-refractivity contribution in [1.29, 1.82) is 5.41 Å². The number of nitrogens with zero attached hydrogens (tertiary/aromatic N) is 1. The number of carbonyl (C=O) groups is 1. The molecule has 0 saturated carbocycles. The average Bonchev–Trinajstić information content (AvgIpc) is 3.22. The van der Waals surface area contributed by atoms with E-state index in [2.05, 4.69) is 36.6 Å². The molecule has 0 aromatic heterocycles. The molecule has 1 heterocycles. The number of ether oxygens (including phenoxy) is 1. The molecule has 0 amide bonds. The Labute approximate surface area is 258 Å². The highest BCUT2D eigenvalue weighted by Gasteiger charge is 2.16. The van der Waals surface area contributed by atoms with Crippen LogP contribution in [0.1, 0.15) is 79.4 Å². The van der Waals surface area contributed by atoms with Gasteiger partial charge in [-0.25, -0.2) is 4.99 Å². The number of ketones is 1. The molecule has 0 radical (unpaired) electrons. The van der Waals surface area contributed by atoms with E-state index in [9.17, 15) is 13.6 Å². The van der Waals surface area contributed by atoms with E-state index in [0.29, 0.717) is 35.4 Å². The number of hydrogen-bond acceptors (Lipinski definition) is 5. The second-order valence-electron chi connectivity index (χ2n) is 10.7. The molecule has 0 atom stereocenters. The van der Waals surface area contributed by atoms with E-state index in [4.69, 9.17) is 10.4 Å². The van der Waals surface area contributed by atoms with Gasteiger partial charge in [-0.3, -0.25) is 4.79 Å². The lowest BCUT2D eigenvalue weighted by molar-refractivity contribution is -0.0498. The fraction of sp³-hybridized carbons (Fsp3) is 0.270. The summed E-state index contributed by atoms with van der Waals surface area (Å²) in [6.45, 7) is 5.34. The number of halogens is 2. The number of hydrogen-bond donors (Lipinski definition) is 2. The fourth-order valence-electron chi connectivity index (χ4n) is 5.15. The first kappa shape index (κ1) is 32.3. The first-order valence-corrected chi connectivity index (χ1v) is 15.0. The van der Waals surface area contributed by atoms with Crippen molar-refractivity contribution in [3.05, 3.63) is 119 Å². The van der Waals surface area contributed by atoms with Gasteiger partial charge in [-0.05, 0) is 84.3 Å². The molecule has 0 unspecified atom stereocenters. The quantitative estimate of drug-likeness (QED) is 0.111. The van der Waals surface area contributed by atoms with E-state index in [1.807, 2.05) is 42.6 Å². The molecule has 0 spiro atoms. The summed E-state index contributed by atoms with van der Waals surface area (Å²) in [4.78, 5) is 18.0. The predicted molar refractivity (Wildman–Crippen MR) is 176 cm³/mol. The highest BCUT2D eigenvalue weighted by molar-refractivity contribution is 6.10. The minimum absolute atomic E-state index is 0.0880. The van der Waals surface area contributed by atoms with Crippen molar-refractivity contribution in [2.24, 2.45) is 4.99 Å². The summed E-state index contributed by atoms with van der Waals surface area (Å²) in [6, 6.07) is 19.9. The highest BCUT2D eigenvalue weighted by Crippen LogP contribution is 2.29. The number of anilines is 1. The van der Waals surface area contributed by atoms with Crippen LogP contribution < -0.4 is 15.4 Å². The summed E-state index contributed by atoms with van der Waals surface area (Å²) < 4.78 is 29.5. The SMILES string of the molecule is C=Cc1cc(N=c2ccccc3c2NC=C(c2ccc(OC(F)F)cc2)C3)ccc1C(=O)CC(=N)CC/C(=C/CCC)CC. The summed E-state index contributed by atoms with van der Waals surface area (Å²) in [5.41, 5.74) is 7.49. The van der Waals surface area contributed by atoms with Gasteiger partial charge in [-0.1, -0.05) is 74.9 Å². The molecule has 4 rings (SSSR count). The minimum atomic E-state index is -2.86. The molecular weight excluding hydrogens is 556 g/mol. The van der Waals surface area contributed by atoms with Gasteiger partial charge in [0.15, 0.2) is 5.78 Å². The Hall–Kier alpha value is -4.65. The van der Waals surface area contributed by atoms with Crippen molar-refractivity contribution in [2.45, 2.75) is 65.4 Å². The van der Waals surface area contributed by atoms with Crippen LogP contribution in [0, 0.1) is 5.41 Å². The van der Waals surface area contributed by atoms with E-state index in [1.165, 1.54) is 17.7 Å². The Kier molecular flexibility index (Phi) is 11.5. The van der Waals surface area contributed by atoms with Crippen LogP contribution in [0.15, 0.2) is 96.2 Å². The molecule has 228 valence electrons. The number of fused-ring (bicyclic) bond motifs is 1. The number of unbranched alkanes of at least 4 members (excludes halogenated alkanes) is 1. The molecular formula is C37H39F2N3O2. The van der Waals surface area contributed by atoms with E-state index in [-0.39, 0.29) is 18.0 Å². The van der Waals surface area contributed by atoms with Crippen LogP contribution in [-0.4, -0.2) is 18.1 Å². The molecule has 5 nitrogen and oxygen atoms in total. The van der Waals surface area contributed by atoms with Crippen LogP contribution in [0.25, 0.3) is 11.6 Å². The number of rotatable bonds is 14. The van der Waals surface area contributed by atoms with Crippen LogP contribution in [0.3, 0.4) is 0 Å². The van der Waals surface area contributed by atoms with Gasteiger partial charge < -0.3 is 15.5 Å². The molecule has 7 heteroatoms. The average molecular weight is 596 g/mol. The van der Waals surface area contributed by atoms with E-state index >= 15 is 0 Å². The first-order chi connectivity index (χ1) is 21.3. The Morgan fingerprint density at radius 3 is 2.57 bits per heavy atom. The molecule has 3 aromatic rings. The number of Topliss-reactive ketones (excluding diaryl/α,β-unsaturated/α-hetero) is 1. The van der Waals surface area contributed by atoms with Gasteiger partial charge in [0, 0.05) is 30.3 Å². The third-order valence-corrected chi connectivity index (χ3v) is 7.56. The van der Waals surface area contributed by atoms with Gasteiger partial charge in [0.1, 0.15) is 5.75 Å². The maximum atomic E-state index is 13.1. The molecule has 0 fully saturated rings. The minimum Gasteiger partial charge on any atom is -0.435 e. The number of nitrogens with one attached hydrogen (secondary N) is 2. The zero-order chi connectivity index (χ0) is 31.5. The van der Waals surface area contributed by atoms with Crippen LogP contribution in [0.4, 0.5) is 20.2 Å². The smallest absolute Gasteiger partial charge is 0.387 e. The highest BCUT2D eigenvalue weighted by atomic mass is 19.3. The van der Waals surface area contributed by atoms with Gasteiger partial charge in [-0.2, -0.15) is 8.78 Å². The monoisotopic (exact) mass is 595 g/mol. The number of alkyl halides is 2. The lowest BCUT2D eigenvalue weighted by atomic mass is 9.96. The van der Waals surface area contributed by atoms with Crippen molar-refractivity contribution in [3.8, 4) is 5.75 Å². The molecule has 0 saturated heterocycles. The van der Waals surface area contributed by atoms with Crippen LogP contribution in [0.5, 0.6) is 5.75 Å². The normalized spacial score (nSPS) is 13.2. The summed E-state index contributed by atoms with van der Waals surface area (Å²) in [7, 11) is 0. The van der Waals surface area contributed by atoms with Crippen molar-refractivity contribution < 1.29 is 18.3 Å². The number of benzene rings is 2. The van der Waals surface area contributed by atoms with Crippen LogP contribution in [0.2, 0.25) is 0 Å². The molecule has 2 N–H and O–H groups in total. The molecule has 44 heavy (non-hydrogen) atoms. The Morgan fingerprint density at radius 2 is 1.86 bits per heavy atom. The third-order valence-electron chi connectivity index (χ3n) is 7.56. The maximum Gasteiger partial charge on any atom is 0.387 e. The zero-order valence-electron chi connectivity index (χ0n) is 25.3. The van der Waals surface area contributed by atoms with E-state index in [1.54, 1.807) is 24.3 Å². The fourth-order valence-corrected chi connectivity index (χ4v) is 5.15. The Bertz CT molecular complexity index is 1640. The molecule has 1 aliphatic rings.